The van der Waals surface area contributed by atoms with Gasteiger partial charge in [-0.3, -0.25) is 0 Å². The Morgan fingerprint density at radius 3 is 2.09 bits per heavy atom. The molecule has 0 aromatic carbocycles. The molecule has 0 fully saturated rings. The Kier molecular flexibility index (Phi) is 2.83. The molecule has 0 spiro atoms. The summed E-state index contributed by atoms with van der Waals surface area (Å²) in [5.41, 5.74) is 0.146. The zero-order valence-corrected chi connectivity index (χ0v) is 11.0. The third-order valence-electron chi connectivity index (χ3n) is 1.39. The van der Waals surface area contributed by atoms with E-state index in [1.165, 1.54) is 3.70 Å². The highest BCUT2D eigenvalue weighted by molar-refractivity contribution is 14.1. The summed E-state index contributed by atoms with van der Waals surface area (Å²) in [6, 6.07) is 0. The maximum absolute atomic E-state index is 4.22. The third kappa shape index (κ3) is 2.07. The molecule has 11 heavy (non-hydrogen) atoms. The molecule has 0 aliphatic heterocycles. The summed E-state index contributed by atoms with van der Waals surface area (Å²) in [7, 11) is 0. The molecule has 0 amide bonds. The van der Waals surface area contributed by atoms with Crippen LogP contribution in [-0.2, 0) is 5.54 Å². The molecular weight excluding hydrogens is 366 g/mol. The summed E-state index contributed by atoms with van der Waals surface area (Å²) in [6.45, 7) is 6.52. The van der Waals surface area contributed by atoms with Crippen LogP contribution in [0.1, 0.15) is 20.8 Å². The van der Waals surface area contributed by atoms with Gasteiger partial charge in [0.2, 0.25) is 0 Å². The number of hydrogen-bond acceptors (Lipinski definition) is 1. The predicted octanol–water partition coefficient (Wildman–Crippen LogP) is 2.85. The zero-order chi connectivity index (χ0) is 8.65. The van der Waals surface area contributed by atoms with Crippen LogP contribution in [0.25, 0.3) is 0 Å². The topological polar surface area (TPSA) is 17.8 Å². The molecule has 0 unspecified atom stereocenters. The average Bonchev–Trinajstić information content (AvgIpc) is 2.11. The van der Waals surface area contributed by atoms with Crippen LogP contribution in [0, 0.1) is 7.40 Å². The maximum Gasteiger partial charge on any atom is 0.132 e. The smallest absolute Gasteiger partial charge is 0.132 e. The second-order valence-electron chi connectivity index (χ2n) is 3.37. The second-order valence-corrected chi connectivity index (χ2v) is 5.41. The number of nitrogens with zero attached hydrogens (tertiary/aromatic N) is 2. The SMILES string of the molecule is CC(C)(C)n1cnc(I)c1I. The first kappa shape index (κ1) is 9.76. The molecule has 0 aliphatic carbocycles. The molecule has 1 aromatic heterocycles. The lowest BCUT2D eigenvalue weighted by Crippen LogP contribution is -2.22. The number of imidazole rings is 1. The monoisotopic (exact) mass is 376 g/mol. The molecule has 0 radical (unpaired) electrons. The van der Waals surface area contributed by atoms with Gasteiger partial charge in [0.05, 0.1) is 6.33 Å². The largest absolute Gasteiger partial charge is 0.320 e. The molecule has 1 heterocycles. The van der Waals surface area contributed by atoms with Crippen molar-refractivity contribution in [2.45, 2.75) is 26.3 Å². The van der Waals surface area contributed by atoms with E-state index in [0.717, 1.165) is 3.70 Å². The number of hydrogen-bond donors (Lipinski definition) is 0. The van der Waals surface area contributed by atoms with Crippen molar-refractivity contribution in [2.24, 2.45) is 0 Å². The van der Waals surface area contributed by atoms with Gasteiger partial charge >= 0.3 is 0 Å². The van der Waals surface area contributed by atoms with Crippen molar-refractivity contribution in [3.8, 4) is 0 Å². The normalized spacial score (nSPS) is 12.1. The van der Waals surface area contributed by atoms with Crippen molar-refractivity contribution in [2.75, 3.05) is 0 Å². The van der Waals surface area contributed by atoms with Crippen molar-refractivity contribution in [1.29, 1.82) is 0 Å². The van der Waals surface area contributed by atoms with E-state index in [1.807, 2.05) is 6.33 Å². The third-order valence-corrected chi connectivity index (χ3v) is 4.24. The Hall–Kier alpha value is 0.670. The van der Waals surface area contributed by atoms with Gasteiger partial charge in [-0.2, -0.15) is 0 Å². The molecule has 1 aromatic rings. The van der Waals surface area contributed by atoms with E-state index in [9.17, 15) is 0 Å². The van der Waals surface area contributed by atoms with Crippen LogP contribution in [0.4, 0.5) is 0 Å². The van der Waals surface area contributed by atoms with Gasteiger partial charge in [0, 0.05) is 5.54 Å². The molecule has 0 N–H and O–H groups in total. The summed E-state index contributed by atoms with van der Waals surface area (Å²) in [5, 5.41) is 0. The lowest BCUT2D eigenvalue weighted by atomic mass is 10.1. The van der Waals surface area contributed by atoms with Crippen LogP contribution in [-0.4, -0.2) is 9.55 Å². The van der Waals surface area contributed by atoms with E-state index in [-0.39, 0.29) is 5.54 Å². The van der Waals surface area contributed by atoms with Crippen LogP contribution >= 0.6 is 45.2 Å². The fraction of sp³-hybridized carbons (Fsp3) is 0.571. The maximum atomic E-state index is 4.22. The van der Waals surface area contributed by atoms with Gasteiger partial charge in [-0.25, -0.2) is 4.98 Å². The molecule has 0 saturated carbocycles. The summed E-state index contributed by atoms with van der Waals surface area (Å²) in [4.78, 5) is 4.22. The van der Waals surface area contributed by atoms with Crippen molar-refractivity contribution in [3.05, 3.63) is 13.7 Å². The minimum atomic E-state index is 0.146. The second kappa shape index (κ2) is 3.20. The number of rotatable bonds is 0. The summed E-state index contributed by atoms with van der Waals surface area (Å²) < 4.78 is 4.48. The minimum Gasteiger partial charge on any atom is -0.320 e. The first-order valence-corrected chi connectivity index (χ1v) is 5.47. The van der Waals surface area contributed by atoms with Crippen LogP contribution in [0.2, 0.25) is 0 Å². The lowest BCUT2D eigenvalue weighted by Gasteiger charge is -2.21. The van der Waals surface area contributed by atoms with Gasteiger partial charge < -0.3 is 4.57 Å². The van der Waals surface area contributed by atoms with Gasteiger partial charge in [-0.05, 0) is 66.0 Å². The summed E-state index contributed by atoms with van der Waals surface area (Å²) in [5.74, 6) is 0. The van der Waals surface area contributed by atoms with Crippen molar-refractivity contribution in [3.63, 3.8) is 0 Å². The first-order chi connectivity index (χ1) is 4.93. The molecular formula is C7H10I2N2. The van der Waals surface area contributed by atoms with E-state index in [0.29, 0.717) is 0 Å². The van der Waals surface area contributed by atoms with E-state index in [4.69, 9.17) is 0 Å². The molecule has 0 bridgehead atoms. The van der Waals surface area contributed by atoms with Crippen LogP contribution < -0.4 is 0 Å². The van der Waals surface area contributed by atoms with Gasteiger partial charge in [0.1, 0.15) is 7.40 Å². The fourth-order valence-electron chi connectivity index (χ4n) is 0.779. The Balaban J connectivity index is 3.15. The molecule has 0 saturated heterocycles. The fourth-order valence-corrected chi connectivity index (χ4v) is 2.15. The molecule has 4 heteroatoms. The Labute approximate surface area is 94.1 Å². The van der Waals surface area contributed by atoms with Gasteiger partial charge in [0.15, 0.2) is 0 Å². The minimum absolute atomic E-state index is 0.146. The van der Waals surface area contributed by atoms with Gasteiger partial charge in [0.25, 0.3) is 0 Å². The Morgan fingerprint density at radius 2 is 1.91 bits per heavy atom. The molecule has 62 valence electrons. The lowest BCUT2D eigenvalue weighted by molar-refractivity contribution is 0.388. The van der Waals surface area contributed by atoms with Crippen molar-refractivity contribution in [1.82, 2.24) is 9.55 Å². The van der Waals surface area contributed by atoms with E-state index >= 15 is 0 Å². The van der Waals surface area contributed by atoms with E-state index < -0.39 is 0 Å². The summed E-state index contributed by atoms with van der Waals surface area (Å²) in [6.07, 6.45) is 1.89. The first-order valence-electron chi connectivity index (χ1n) is 3.32. The Morgan fingerprint density at radius 1 is 1.36 bits per heavy atom. The standard InChI is InChI=1S/C7H10I2N2/c1-7(2,3)11-4-10-5(8)6(11)9/h4H,1-3H3. The van der Waals surface area contributed by atoms with E-state index in [2.05, 4.69) is 75.5 Å². The molecule has 0 aliphatic rings. The van der Waals surface area contributed by atoms with Crippen LogP contribution in [0.5, 0.6) is 0 Å². The molecule has 1 rings (SSSR count). The molecule has 2 nitrogen and oxygen atoms in total. The summed E-state index contributed by atoms with van der Waals surface area (Å²) >= 11 is 4.56. The molecule has 0 atom stereocenters. The van der Waals surface area contributed by atoms with Crippen molar-refractivity contribution < 1.29 is 0 Å². The van der Waals surface area contributed by atoms with Crippen molar-refractivity contribution >= 4 is 45.2 Å². The zero-order valence-electron chi connectivity index (χ0n) is 6.73. The van der Waals surface area contributed by atoms with Crippen LogP contribution in [0.15, 0.2) is 6.33 Å². The average molecular weight is 376 g/mol. The quantitative estimate of drug-likeness (QED) is 0.637. The Bertz CT molecular complexity index is 260. The number of aromatic nitrogens is 2. The van der Waals surface area contributed by atoms with Gasteiger partial charge in [-0.1, -0.05) is 0 Å². The van der Waals surface area contributed by atoms with Gasteiger partial charge in [-0.15, -0.1) is 0 Å². The number of halogens is 2. The van der Waals surface area contributed by atoms with E-state index in [1.54, 1.807) is 0 Å². The predicted molar refractivity (Wildman–Crippen MR) is 62.7 cm³/mol. The van der Waals surface area contributed by atoms with Crippen LogP contribution in [0.3, 0.4) is 0 Å². The highest BCUT2D eigenvalue weighted by atomic mass is 127. The highest BCUT2D eigenvalue weighted by Gasteiger charge is 2.16. The highest BCUT2D eigenvalue weighted by Crippen LogP contribution is 2.21.